The van der Waals surface area contributed by atoms with Gasteiger partial charge in [0.05, 0.1) is 16.8 Å². The maximum Gasteiger partial charge on any atom is 0.226 e. The van der Waals surface area contributed by atoms with Crippen molar-refractivity contribution in [2.24, 2.45) is 0 Å². The van der Waals surface area contributed by atoms with Crippen LogP contribution in [0.2, 0.25) is 5.02 Å². The van der Waals surface area contributed by atoms with E-state index in [2.05, 4.69) is 20.6 Å². The molecular weight excluding hydrogens is 410 g/mol. The molecule has 148 valence electrons. The van der Waals surface area contributed by atoms with Gasteiger partial charge in [0.2, 0.25) is 17.6 Å². The number of halogens is 1. The van der Waals surface area contributed by atoms with Crippen LogP contribution in [0.3, 0.4) is 0 Å². The fraction of sp³-hybridized carbons (Fsp3) is 0.200. The largest absolute Gasteiger partial charge is 0.352 e. The van der Waals surface area contributed by atoms with E-state index in [-0.39, 0.29) is 5.91 Å². The number of rotatable bonds is 8. The zero-order valence-corrected chi connectivity index (χ0v) is 17.0. The number of thiophene rings is 1. The van der Waals surface area contributed by atoms with Crippen molar-refractivity contribution in [2.45, 2.75) is 25.8 Å². The number of hydrogen-bond donors (Lipinski definition) is 1. The summed E-state index contributed by atoms with van der Waals surface area (Å²) in [4.78, 5) is 17.4. The van der Waals surface area contributed by atoms with Gasteiger partial charge in [-0.2, -0.15) is 10.1 Å². The molecule has 0 radical (unpaired) electrons. The molecule has 1 amide bonds. The minimum atomic E-state index is -0.0257. The van der Waals surface area contributed by atoms with Crippen molar-refractivity contribution in [3.8, 4) is 16.4 Å². The van der Waals surface area contributed by atoms with Crippen LogP contribution in [0, 0.1) is 0 Å². The Morgan fingerprint density at radius 2 is 2.10 bits per heavy atom. The first-order valence-electron chi connectivity index (χ1n) is 9.10. The lowest BCUT2D eigenvalue weighted by atomic mass is 10.2. The average molecular weight is 428 g/mol. The van der Waals surface area contributed by atoms with Crippen LogP contribution in [-0.4, -0.2) is 25.8 Å². The zero-order valence-electron chi connectivity index (χ0n) is 15.4. The van der Waals surface area contributed by atoms with E-state index in [1.807, 2.05) is 48.0 Å². The van der Waals surface area contributed by atoms with Crippen molar-refractivity contribution in [1.29, 1.82) is 0 Å². The molecule has 0 aliphatic rings. The first kappa shape index (κ1) is 19.4. The van der Waals surface area contributed by atoms with Crippen LogP contribution < -0.4 is 5.32 Å². The third kappa shape index (κ3) is 5.10. The molecule has 0 aliphatic heterocycles. The number of hydrogen-bond acceptors (Lipinski definition) is 6. The quantitative estimate of drug-likeness (QED) is 0.453. The number of carbonyl (C=O) groups excluding carboxylic acids is 1. The molecule has 1 aromatic carbocycles. The van der Waals surface area contributed by atoms with Crippen LogP contribution in [0.4, 0.5) is 0 Å². The molecule has 0 unspecified atom stereocenters. The maximum atomic E-state index is 12.1. The summed E-state index contributed by atoms with van der Waals surface area (Å²) < 4.78 is 6.99. The number of nitrogens with one attached hydrogen (secondary N) is 1. The molecule has 3 heterocycles. The summed E-state index contributed by atoms with van der Waals surface area (Å²) in [5.74, 6) is 1.12. The molecule has 9 heteroatoms. The molecule has 0 bridgehead atoms. The third-order valence-electron chi connectivity index (χ3n) is 4.22. The number of aromatic nitrogens is 4. The van der Waals surface area contributed by atoms with Gasteiger partial charge in [-0.1, -0.05) is 22.8 Å². The zero-order chi connectivity index (χ0) is 20.1. The SMILES string of the molecule is O=C(CCCc1nc(-c2cccs2)no1)NCc1cnn(-c2ccc(Cl)cc2)c1. The summed E-state index contributed by atoms with van der Waals surface area (Å²) in [6.07, 6.45) is 5.22. The van der Waals surface area contributed by atoms with E-state index in [0.29, 0.717) is 42.5 Å². The van der Waals surface area contributed by atoms with Gasteiger partial charge in [-0.15, -0.1) is 11.3 Å². The van der Waals surface area contributed by atoms with Crippen molar-refractivity contribution >= 4 is 28.8 Å². The Bertz CT molecular complexity index is 1070. The normalized spacial score (nSPS) is 10.9. The minimum absolute atomic E-state index is 0.0257. The van der Waals surface area contributed by atoms with Gasteiger partial charge in [-0.25, -0.2) is 4.68 Å². The van der Waals surface area contributed by atoms with E-state index in [1.165, 1.54) is 0 Å². The molecule has 0 saturated carbocycles. The smallest absolute Gasteiger partial charge is 0.226 e. The molecule has 29 heavy (non-hydrogen) atoms. The molecule has 4 rings (SSSR count). The van der Waals surface area contributed by atoms with Gasteiger partial charge in [-0.3, -0.25) is 4.79 Å². The molecular formula is C20H18ClN5O2S. The highest BCUT2D eigenvalue weighted by Gasteiger charge is 2.10. The van der Waals surface area contributed by atoms with Crippen molar-refractivity contribution in [3.05, 3.63) is 70.6 Å². The highest BCUT2D eigenvalue weighted by Crippen LogP contribution is 2.21. The summed E-state index contributed by atoms with van der Waals surface area (Å²) >= 11 is 7.47. The molecule has 0 spiro atoms. The summed E-state index contributed by atoms with van der Waals surface area (Å²) in [5, 5.41) is 13.8. The Hall–Kier alpha value is -2.97. The monoisotopic (exact) mass is 427 g/mol. The second kappa shape index (κ2) is 9.02. The highest BCUT2D eigenvalue weighted by atomic mass is 35.5. The second-order valence-electron chi connectivity index (χ2n) is 6.39. The summed E-state index contributed by atoms with van der Waals surface area (Å²) in [6.45, 7) is 0.426. The Morgan fingerprint density at radius 3 is 2.90 bits per heavy atom. The van der Waals surface area contributed by atoms with Crippen LogP contribution in [0.15, 0.2) is 58.7 Å². The Labute approximate surface area is 176 Å². The highest BCUT2D eigenvalue weighted by molar-refractivity contribution is 7.13. The van der Waals surface area contributed by atoms with Crippen LogP contribution in [-0.2, 0) is 17.8 Å². The van der Waals surface area contributed by atoms with E-state index in [1.54, 1.807) is 22.2 Å². The molecule has 1 N–H and O–H groups in total. The number of nitrogens with zero attached hydrogens (tertiary/aromatic N) is 4. The number of carbonyl (C=O) groups is 1. The topological polar surface area (TPSA) is 85.8 Å². The average Bonchev–Trinajstić information content (AvgIpc) is 3.48. The Balaban J connectivity index is 1.21. The number of benzene rings is 1. The van der Waals surface area contributed by atoms with E-state index in [4.69, 9.17) is 16.1 Å². The Morgan fingerprint density at radius 1 is 1.24 bits per heavy atom. The second-order valence-corrected chi connectivity index (χ2v) is 7.77. The summed E-state index contributed by atoms with van der Waals surface area (Å²) in [5.41, 5.74) is 1.83. The van der Waals surface area contributed by atoms with Gasteiger partial charge < -0.3 is 9.84 Å². The van der Waals surface area contributed by atoms with Gasteiger partial charge in [-0.05, 0) is 42.1 Å². The van der Waals surface area contributed by atoms with Crippen molar-refractivity contribution < 1.29 is 9.32 Å². The summed E-state index contributed by atoms with van der Waals surface area (Å²) in [7, 11) is 0. The van der Waals surface area contributed by atoms with Crippen molar-refractivity contribution in [2.75, 3.05) is 0 Å². The number of amides is 1. The molecule has 4 aromatic rings. The summed E-state index contributed by atoms with van der Waals surface area (Å²) in [6, 6.07) is 11.3. The van der Waals surface area contributed by atoms with Crippen LogP contribution >= 0.6 is 22.9 Å². The van der Waals surface area contributed by atoms with Crippen molar-refractivity contribution in [3.63, 3.8) is 0 Å². The molecule has 0 atom stereocenters. The molecule has 0 saturated heterocycles. The lowest BCUT2D eigenvalue weighted by Gasteiger charge is -2.03. The van der Waals surface area contributed by atoms with Gasteiger partial charge in [0.1, 0.15) is 0 Å². The first-order chi connectivity index (χ1) is 14.2. The molecule has 0 aliphatic carbocycles. The van der Waals surface area contributed by atoms with E-state index in [0.717, 1.165) is 16.1 Å². The lowest BCUT2D eigenvalue weighted by molar-refractivity contribution is -0.121. The standard InChI is InChI=1S/C20H18ClN5O2S/c21-15-6-8-16(9-7-15)26-13-14(12-23-26)11-22-18(27)4-1-5-19-24-20(25-28-19)17-3-2-10-29-17/h2-3,6-10,12-13H,1,4-5,11H2,(H,22,27). The van der Waals surface area contributed by atoms with Gasteiger partial charge in [0.25, 0.3) is 0 Å². The first-order valence-corrected chi connectivity index (χ1v) is 10.4. The third-order valence-corrected chi connectivity index (χ3v) is 5.34. The van der Waals surface area contributed by atoms with Gasteiger partial charge in [0, 0.05) is 36.2 Å². The molecule has 3 aromatic heterocycles. The Kier molecular flexibility index (Phi) is 6.02. The lowest BCUT2D eigenvalue weighted by Crippen LogP contribution is -2.22. The van der Waals surface area contributed by atoms with Crippen molar-refractivity contribution in [1.82, 2.24) is 25.2 Å². The predicted octanol–water partition coefficient (Wildman–Crippen LogP) is 4.28. The van der Waals surface area contributed by atoms with Gasteiger partial charge >= 0.3 is 0 Å². The van der Waals surface area contributed by atoms with E-state index < -0.39 is 0 Å². The fourth-order valence-corrected chi connectivity index (χ4v) is 3.51. The van der Waals surface area contributed by atoms with E-state index in [9.17, 15) is 4.79 Å². The fourth-order valence-electron chi connectivity index (χ4n) is 2.74. The number of aryl methyl sites for hydroxylation is 1. The molecule has 7 nitrogen and oxygen atoms in total. The van der Waals surface area contributed by atoms with Crippen LogP contribution in [0.5, 0.6) is 0 Å². The van der Waals surface area contributed by atoms with Crippen LogP contribution in [0.25, 0.3) is 16.4 Å². The van der Waals surface area contributed by atoms with E-state index >= 15 is 0 Å². The van der Waals surface area contributed by atoms with Gasteiger partial charge in [0.15, 0.2) is 0 Å². The van der Waals surface area contributed by atoms with Crippen LogP contribution in [0.1, 0.15) is 24.3 Å². The minimum Gasteiger partial charge on any atom is -0.352 e. The maximum absolute atomic E-state index is 12.1. The predicted molar refractivity (Wildman–Crippen MR) is 111 cm³/mol. The molecule has 0 fully saturated rings.